The molecule has 138 valence electrons. The summed E-state index contributed by atoms with van der Waals surface area (Å²) in [6.45, 7) is 1.73. The Kier molecular flexibility index (Phi) is 5.56. The van der Waals surface area contributed by atoms with Crippen LogP contribution in [0.25, 0.3) is 11.3 Å². The van der Waals surface area contributed by atoms with Gasteiger partial charge in [-0.2, -0.15) is 0 Å². The summed E-state index contributed by atoms with van der Waals surface area (Å²) in [5.41, 5.74) is 2.48. The van der Waals surface area contributed by atoms with Crippen LogP contribution in [0.2, 0.25) is 0 Å². The van der Waals surface area contributed by atoms with Crippen LogP contribution in [-0.4, -0.2) is 22.0 Å². The minimum atomic E-state index is -0.480. The van der Waals surface area contributed by atoms with Crippen molar-refractivity contribution in [3.63, 3.8) is 0 Å². The highest BCUT2D eigenvalue weighted by atomic mass is 32.2. The third kappa shape index (κ3) is 4.17. The van der Waals surface area contributed by atoms with Crippen LogP contribution < -0.4 is 10.3 Å². The lowest BCUT2D eigenvalue weighted by Crippen LogP contribution is -2.14. The fourth-order valence-corrected chi connectivity index (χ4v) is 3.38. The van der Waals surface area contributed by atoms with Gasteiger partial charge in [0.1, 0.15) is 0 Å². The van der Waals surface area contributed by atoms with Crippen LogP contribution in [-0.2, 0) is 5.75 Å². The summed E-state index contributed by atoms with van der Waals surface area (Å²) in [5.74, 6) is 0.632. The Morgan fingerprint density at radius 1 is 1.22 bits per heavy atom. The van der Waals surface area contributed by atoms with Gasteiger partial charge in [-0.1, -0.05) is 48.2 Å². The molecule has 0 radical (unpaired) electrons. The van der Waals surface area contributed by atoms with Gasteiger partial charge in [0.2, 0.25) is 0 Å². The van der Waals surface area contributed by atoms with Gasteiger partial charge in [0.05, 0.1) is 17.7 Å². The highest BCUT2D eigenvalue weighted by Gasteiger charge is 2.16. The number of hydrogen-bond donors (Lipinski definition) is 1. The number of nitro benzene ring substituents is 1. The molecule has 0 amide bonds. The molecule has 0 unspecified atom stereocenters. The SMILES string of the molecule is COc1ccc(CSc2nc(-c3ccccc3)c(C)c(=O)[nH]2)cc1[N+](=O)[O-]. The van der Waals surface area contributed by atoms with E-state index < -0.39 is 4.92 Å². The third-order valence-electron chi connectivity index (χ3n) is 3.99. The van der Waals surface area contributed by atoms with E-state index in [1.165, 1.54) is 24.9 Å². The molecule has 0 aliphatic carbocycles. The second-order valence-electron chi connectivity index (χ2n) is 5.76. The molecule has 1 N–H and O–H groups in total. The first-order chi connectivity index (χ1) is 13.0. The zero-order valence-corrected chi connectivity index (χ0v) is 15.6. The Labute approximate surface area is 159 Å². The van der Waals surface area contributed by atoms with Crippen LogP contribution in [0, 0.1) is 17.0 Å². The molecular weight excluding hydrogens is 366 g/mol. The van der Waals surface area contributed by atoms with Crippen LogP contribution in [0.1, 0.15) is 11.1 Å². The number of H-pyrrole nitrogens is 1. The highest BCUT2D eigenvalue weighted by Crippen LogP contribution is 2.30. The molecule has 0 aliphatic rings. The number of nitro groups is 1. The van der Waals surface area contributed by atoms with Gasteiger partial charge in [-0.25, -0.2) is 4.98 Å². The topological polar surface area (TPSA) is 98.1 Å². The first-order valence-electron chi connectivity index (χ1n) is 8.10. The van der Waals surface area contributed by atoms with Crippen molar-refractivity contribution in [3.05, 3.63) is 80.1 Å². The highest BCUT2D eigenvalue weighted by molar-refractivity contribution is 7.98. The molecule has 0 spiro atoms. The summed E-state index contributed by atoms with van der Waals surface area (Å²) in [6.07, 6.45) is 0. The van der Waals surface area contributed by atoms with E-state index >= 15 is 0 Å². The smallest absolute Gasteiger partial charge is 0.311 e. The van der Waals surface area contributed by atoms with Crippen molar-refractivity contribution in [1.29, 1.82) is 0 Å². The monoisotopic (exact) mass is 383 g/mol. The van der Waals surface area contributed by atoms with Crippen molar-refractivity contribution in [2.75, 3.05) is 7.11 Å². The zero-order valence-electron chi connectivity index (χ0n) is 14.8. The quantitative estimate of drug-likeness (QED) is 0.299. The summed E-state index contributed by atoms with van der Waals surface area (Å²) < 4.78 is 5.01. The van der Waals surface area contributed by atoms with Crippen molar-refractivity contribution in [1.82, 2.24) is 9.97 Å². The maximum Gasteiger partial charge on any atom is 0.311 e. The van der Waals surface area contributed by atoms with Crippen LogP contribution in [0.5, 0.6) is 5.75 Å². The Balaban J connectivity index is 1.87. The van der Waals surface area contributed by atoms with E-state index in [0.29, 0.717) is 22.2 Å². The minimum Gasteiger partial charge on any atom is -0.490 e. The van der Waals surface area contributed by atoms with Crippen LogP contribution >= 0.6 is 11.8 Å². The number of methoxy groups -OCH3 is 1. The van der Waals surface area contributed by atoms with Crippen molar-refractivity contribution < 1.29 is 9.66 Å². The largest absolute Gasteiger partial charge is 0.490 e. The maximum atomic E-state index is 12.3. The van der Waals surface area contributed by atoms with Gasteiger partial charge in [0.25, 0.3) is 5.56 Å². The molecule has 2 aromatic carbocycles. The average Bonchev–Trinajstić information content (AvgIpc) is 2.69. The molecule has 27 heavy (non-hydrogen) atoms. The van der Waals surface area contributed by atoms with E-state index in [1.54, 1.807) is 19.1 Å². The van der Waals surface area contributed by atoms with Crippen LogP contribution in [0.4, 0.5) is 5.69 Å². The fourth-order valence-electron chi connectivity index (χ4n) is 2.58. The molecule has 3 rings (SSSR count). The number of ether oxygens (including phenoxy) is 1. The number of benzene rings is 2. The molecule has 1 aromatic heterocycles. The molecule has 0 fully saturated rings. The van der Waals surface area contributed by atoms with Crippen LogP contribution in [0.15, 0.2) is 58.5 Å². The lowest BCUT2D eigenvalue weighted by Gasteiger charge is -2.08. The van der Waals surface area contributed by atoms with Gasteiger partial charge in [0, 0.05) is 22.9 Å². The van der Waals surface area contributed by atoms with E-state index in [0.717, 1.165) is 11.1 Å². The number of nitrogens with zero attached hydrogens (tertiary/aromatic N) is 2. The molecule has 1 heterocycles. The van der Waals surface area contributed by atoms with E-state index in [4.69, 9.17) is 4.74 Å². The molecule has 0 atom stereocenters. The molecule has 0 saturated heterocycles. The summed E-state index contributed by atoms with van der Waals surface area (Å²) in [7, 11) is 1.39. The first-order valence-corrected chi connectivity index (χ1v) is 9.08. The fraction of sp³-hybridized carbons (Fsp3) is 0.158. The number of rotatable bonds is 6. The molecular formula is C19H17N3O4S. The van der Waals surface area contributed by atoms with Gasteiger partial charge < -0.3 is 9.72 Å². The Morgan fingerprint density at radius 2 is 1.96 bits per heavy atom. The molecule has 7 nitrogen and oxygen atoms in total. The third-order valence-corrected chi connectivity index (χ3v) is 4.94. The summed E-state index contributed by atoms with van der Waals surface area (Å²) in [4.78, 5) is 30.2. The Bertz CT molecular complexity index is 1030. The van der Waals surface area contributed by atoms with Gasteiger partial charge in [-0.3, -0.25) is 14.9 Å². The molecule has 3 aromatic rings. The van der Waals surface area contributed by atoms with Gasteiger partial charge in [0.15, 0.2) is 10.9 Å². The minimum absolute atomic E-state index is 0.0917. The van der Waals surface area contributed by atoms with Crippen molar-refractivity contribution in [2.45, 2.75) is 17.8 Å². The lowest BCUT2D eigenvalue weighted by atomic mass is 10.1. The molecule has 0 bridgehead atoms. The standard InChI is InChI=1S/C19H17N3O4S/c1-12-17(14-6-4-3-5-7-14)20-19(21-18(12)23)27-11-13-8-9-16(26-2)15(10-13)22(24)25/h3-10H,11H2,1-2H3,(H,20,21,23). The number of hydrogen-bond acceptors (Lipinski definition) is 6. The average molecular weight is 383 g/mol. The number of thioether (sulfide) groups is 1. The predicted molar refractivity (Wildman–Crippen MR) is 104 cm³/mol. The molecule has 0 aliphatic heterocycles. The number of aromatic amines is 1. The lowest BCUT2D eigenvalue weighted by molar-refractivity contribution is -0.385. The second-order valence-corrected chi connectivity index (χ2v) is 6.73. The van der Waals surface area contributed by atoms with Crippen molar-refractivity contribution >= 4 is 17.4 Å². The van der Waals surface area contributed by atoms with Crippen LogP contribution in [0.3, 0.4) is 0 Å². The first kappa shape index (κ1) is 18.7. The summed E-state index contributed by atoms with van der Waals surface area (Å²) >= 11 is 1.31. The predicted octanol–water partition coefficient (Wildman–Crippen LogP) is 3.95. The zero-order chi connectivity index (χ0) is 19.4. The van der Waals surface area contributed by atoms with E-state index in [1.807, 2.05) is 30.3 Å². The van der Waals surface area contributed by atoms with Gasteiger partial charge in [-0.15, -0.1) is 0 Å². The Hall–Kier alpha value is -3.13. The van der Waals surface area contributed by atoms with E-state index in [9.17, 15) is 14.9 Å². The van der Waals surface area contributed by atoms with Crippen molar-refractivity contribution in [3.8, 4) is 17.0 Å². The van der Waals surface area contributed by atoms with Gasteiger partial charge in [-0.05, 0) is 18.6 Å². The summed E-state index contributed by atoms with van der Waals surface area (Å²) in [5, 5.41) is 11.6. The van der Waals surface area contributed by atoms with Gasteiger partial charge >= 0.3 is 5.69 Å². The summed E-state index contributed by atoms with van der Waals surface area (Å²) in [6, 6.07) is 14.3. The van der Waals surface area contributed by atoms with E-state index in [2.05, 4.69) is 9.97 Å². The number of aromatic nitrogens is 2. The Morgan fingerprint density at radius 3 is 2.63 bits per heavy atom. The van der Waals surface area contributed by atoms with Crippen molar-refractivity contribution in [2.24, 2.45) is 0 Å². The number of nitrogens with one attached hydrogen (secondary N) is 1. The van der Waals surface area contributed by atoms with E-state index in [-0.39, 0.29) is 17.0 Å². The second kappa shape index (κ2) is 8.05. The normalized spacial score (nSPS) is 10.6. The molecule has 0 saturated carbocycles. The molecule has 8 heteroatoms. The maximum absolute atomic E-state index is 12.3.